The summed E-state index contributed by atoms with van der Waals surface area (Å²) in [5.41, 5.74) is 3.91. The van der Waals surface area contributed by atoms with Gasteiger partial charge in [0.1, 0.15) is 5.82 Å². The smallest absolute Gasteiger partial charge is 0.235 e. The summed E-state index contributed by atoms with van der Waals surface area (Å²) in [6.07, 6.45) is 7.55. The second-order valence-corrected chi connectivity index (χ2v) is 8.00. The summed E-state index contributed by atoms with van der Waals surface area (Å²) < 4.78 is 25.3. The van der Waals surface area contributed by atoms with Crippen LogP contribution in [-0.2, 0) is 10.2 Å². The van der Waals surface area contributed by atoms with E-state index in [1.807, 2.05) is 18.2 Å². The van der Waals surface area contributed by atoms with E-state index in [1.54, 1.807) is 12.1 Å². The fourth-order valence-corrected chi connectivity index (χ4v) is 4.01. The number of anilines is 1. The van der Waals surface area contributed by atoms with Crippen LogP contribution < -0.4 is 14.8 Å². The van der Waals surface area contributed by atoms with E-state index in [4.69, 9.17) is 9.47 Å². The molecule has 0 atom stereocenters. The van der Waals surface area contributed by atoms with Crippen molar-refractivity contribution in [2.45, 2.75) is 38.0 Å². The molecule has 5 rings (SSSR count). The molecule has 2 aromatic rings. The van der Waals surface area contributed by atoms with E-state index < -0.39 is 11.2 Å². The van der Waals surface area contributed by atoms with E-state index >= 15 is 0 Å². The number of ether oxygens (including phenoxy) is 2. The molecule has 2 aromatic carbocycles. The number of amides is 1. The third-order valence-electron chi connectivity index (χ3n) is 6.05. The van der Waals surface area contributed by atoms with Crippen molar-refractivity contribution in [2.24, 2.45) is 0 Å². The maximum absolute atomic E-state index is 14.5. The molecule has 2 aliphatic carbocycles. The molecule has 0 spiro atoms. The van der Waals surface area contributed by atoms with Gasteiger partial charge in [0.25, 0.3) is 0 Å². The normalized spacial score (nSPS) is 18.7. The van der Waals surface area contributed by atoms with Gasteiger partial charge in [-0.3, -0.25) is 4.79 Å². The molecule has 1 fully saturated rings. The van der Waals surface area contributed by atoms with Gasteiger partial charge in [-0.2, -0.15) is 0 Å². The lowest BCUT2D eigenvalue weighted by molar-refractivity contribution is -0.118. The zero-order chi connectivity index (χ0) is 20.0. The fraction of sp³-hybridized carbons (Fsp3) is 0.292. The summed E-state index contributed by atoms with van der Waals surface area (Å²) >= 11 is 0. The molecule has 1 saturated carbocycles. The summed E-state index contributed by atoms with van der Waals surface area (Å²) in [7, 11) is 0. The third kappa shape index (κ3) is 3.20. The average Bonchev–Trinajstić information content (AvgIpc) is 3.41. The van der Waals surface area contributed by atoms with Crippen LogP contribution in [0.1, 0.15) is 43.7 Å². The van der Waals surface area contributed by atoms with Crippen molar-refractivity contribution >= 4 is 17.2 Å². The summed E-state index contributed by atoms with van der Waals surface area (Å²) in [5, 5.41) is 2.84. The number of benzene rings is 2. The maximum Gasteiger partial charge on any atom is 0.235 e. The van der Waals surface area contributed by atoms with Crippen LogP contribution in [0.4, 0.5) is 10.1 Å². The minimum atomic E-state index is -0.632. The quantitative estimate of drug-likeness (QED) is 0.764. The Hall–Kier alpha value is -3.08. The standard InChI is InChI=1S/C24H22FNO3/c1-15-2-4-16(5-3-15)17-6-8-19(25)20(12-17)26-23(27)24(10-11-24)18-7-9-21-22(13-18)29-14-28-21/h2,4,6-9,12-13H,3,5,10-11,14H2,1H3,(H,26,27). The molecule has 0 bridgehead atoms. The molecule has 0 saturated heterocycles. The Morgan fingerprint density at radius 1 is 1.03 bits per heavy atom. The molecule has 3 aliphatic rings. The number of fused-ring (bicyclic) bond motifs is 1. The first-order chi connectivity index (χ1) is 14.0. The zero-order valence-electron chi connectivity index (χ0n) is 16.3. The van der Waals surface area contributed by atoms with Gasteiger partial charge in [0, 0.05) is 0 Å². The van der Waals surface area contributed by atoms with Crippen molar-refractivity contribution in [3.63, 3.8) is 0 Å². The highest BCUT2D eigenvalue weighted by Gasteiger charge is 2.51. The third-order valence-corrected chi connectivity index (χ3v) is 6.05. The number of carbonyl (C=O) groups is 1. The van der Waals surface area contributed by atoms with Crippen LogP contribution in [0.2, 0.25) is 0 Å². The van der Waals surface area contributed by atoms with Crippen molar-refractivity contribution < 1.29 is 18.7 Å². The molecular weight excluding hydrogens is 369 g/mol. The predicted molar refractivity (Wildman–Crippen MR) is 109 cm³/mol. The van der Waals surface area contributed by atoms with Gasteiger partial charge in [0.2, 0.25) is 12.7 Å². The monoisotopic (exact) mass is 391 g/mol. The highest BCUT2D eigenvalue weighted by atomic mass is 19.1. The lowest BCUT2D eigenvalue weighted by Crippen LogP contribution is -2.28. The van der Waals surface area contributed by atoms with Crippen molar-refractivity contribution in [2.75, 3.05) is 12.1 Å². The highest BCUT2D eigenvalue weighted by molar-refractivity contribution is 6.01. The molecule has 1 aliphatic heterocycles. The molecule has 148 valence electrons. The van der Waals surface area contributed by atoms with Crippen molar-refractivity contribution in [3.8, 4) is 11.5 Å². The molecule has 4 nitrogen and oxygen atoms in total. The van der Waals surface area contributed by atoms with E-state index in [1.165, 1.54) is 11.6 Å². The van der Waals surface area contributed by atoms with E-state index in [0.29, 0.717) is 11.5 Å². The Kier molecular flexibility index (Phi) is 4.19. The van der Waals surface area contributed by atoms with E-state index in [2.05, 4.69) is 24.4 Å². The van der Waals surface area contributed by atoms with Gasteiger partial charge < -0.3 is 14.8 Å². The molecule has 1 heterocycles. The number of hydrogen-bond acceptors (Lipinski definition) is 3. The number of hydrogen-bond donors (Lipinski definition) is 1. The molecule has 29 heavy (non-hydrogen) atoms. The minimum absolute atomic E-state index is 0.180. The second-order valence-electron chi connectivity index (χ2n) is 8.00. The minimum Gasteiger partial charge on any atom is -0.454 e. The first kappa shape index (κ1) is 18.0. The second kappa shape index (κ2) is 6.76. The molecule has 0 radical (unpaired) electrons. The Balaban J connectivity index is 1.40. The molecule has 0 unspecified atom stereocenters. The summed E-state index contributed by atoms with van der Waals surface area (Å²) in [4.78, 5) is 13.1. The number of carbonyl (C=O) groups excluding carboxylic acids is 1. The Morgan fingerprint density at radius 3 is 2.62 bits per heavy atom. The van der Waals surface area contributed by atoms with Gasteiger partial charge in [-0.15, -0.1) is 0 Å². The van der Waals surface area contributed by atoms with Gasteiger partial charge >= 0.3 is 0 Å². The average molecular weight is 391 g/mol. The van der Waals surface area contributed by atoms with Crippen LogP contribution in [-0.4, -0.2) is 12.7 Å². The molecule has 1 amide bonds. The van der Waals surface area contributed by atoms with Crippen molar-refractivity contribution in [1.82, 2.24) is 0 Å². The van der Waals surface area contributed by atoms with E-state index in [9.17, 15) is 9.18 Å². The molecular formula is C24H22FNO3. The number of allylic oxidation sites excluding steroid dienone is 4. The van der Waals surface area contributed by atoms with Gasteiger partial charge in [-0.25, -0.2) is 4.39 Å². The predicted octanol–water partition coefficient (Wildman–Crippen LogP) is 5.35. The van der Waals surface area contributed by atoms with Gasteiger partial charge in [0.05, 0.1) is 11.1 Å². The van der Waals surface area contributed by atoms with E-state index in [0.717, 1.165) is 42.4 Å². The molecule has 1 N–H and O–H groups in total. The Bertz CT molecular complexity index is 1070. The topological polar surface area (TPSA) is 47.6 Å². The SMILES string of the molecule is CC1=CC=C(c2ccc(F)c(NC(=O)C3(c4ccc5c(c4)OCO5)CC3)c2)CC1. The summed E-state index contributed by atoms with van der Waals surface area (Å²) in [6.45, 7) is 2.30. The van der Waals surface area contributed by atoms with Gasteiger partial charge in [-0.1, -0.05) is 29.9 Å². The van der Waals surface area contributed by atoms with Gasteiger partial charge in [-0.05, 0) is 73.6 Å². The number of halogens is 1. The number of rotatable bonds is 4. The van der Waals surface area contributed by atoms with Crippen LogP contribution in [0, 0.1) is 5.82 Å². The van der Waals surface area contributed by atoms with Crippen LogP contribution in [0.3, 0.4) is 0 Å². The zero-order valence-corrected chi connectivity index (χ0v) is 16.3. The molecule has 0 aromatic heterocycles. The Morgan fingerprint density at radius 2 is 1.86 bits per heavy atom. The summed E-state index contributed by atoms with van der Waals surface area (Å²) in [5.74, 6) is 0.739. The number of nitrogens with one attached hydrogen (secondary N) is 1. The van der Waals surface area contributed by atoms with Crippen molar-refractivity contribution in [1.29, 1.82) is 0 Å². The van der Waals surface area contributed by atoms with Crippen LogP contribution in [0.15, 0.2) is 54.1 Å². The summed E-state index contributed by atoms with van der Waals surface area (Å²) in [6, 6.07) is 10.5. The van der Waals surface area contributed by atoms with Crippen molar-refractivity contribution in [3.05, 3.63) is 71.1 Å². The van der Waals surface area contributed by atoms with Gasteiger partial charge in [0.15, 0.2) is 11.5 Å². The first-order valence-electron chi connectivity index (χ1n) is 9.93. The van der Waals surface area contributed by atoms with Crippen LogP contribution in [0.25, 0.3) is 5.57 Å². The maximum atomic E-state index is 14.5. The van der Waals surface area contributed by atoms with Crippen LogP contribution >= 0.6 is 0 Å². The first-order valence-corrected chi connectivity index (χ1v) is 9.93. The fourth-order valence-electron chi connectivity index (χ4n) is 4.01. The van der Waals surface area contributed by atoms with E-state index in [-0.39, 0.29) is 18.4 Å². The lowest BCUT2D eigenvalue weighted by atomic mass is 9.93. The molecule has 5 heteroatoms. The highest BCUT2D eigenvalue weighted by Crippen LogP contribution is 2.51. The lowest BCUT2D eigenvalue weighted by Gasteiger charge is -2.18. The Labute approximate surface area is 169 Å². The largest absolute Gasteiger partial charge is 0.454 e. The van der Waals surface area contributed by atoms with Crippen LogP contribution in [0.5, 0.6) is 11.5 Å².